The van der Waals surface area contributed by atoms with Crippen LogP contribution in [0.5, 0.6) is 0 Å². The lowest BCUT2D eigenvalue weighted by atomic mass is 10.1. The molecule has 0 aliphatic carbocycles. The molecule has 0 saturated heterocycles. The molecule has 0 saturated carbocycles. The Hall–Kier alpha value is -2.29. The summed E-state index contributed by atoms with van der Waals surface area (Å²) in [6.07, 6.45) is 0. The van der Waals surface area contributed by atoms with Gasteiger partial charge in [0.25, 0.3) is 0 Å². The Morgan fingerprint density at radius 3 is 2.44 bits per heavy atom. The van der Waals surface area contributed by atoms with Crippen LogP contribution in [0, 0.1) is 5.82 Å². The minimum absolute atomic E-state index is 0.0370. The highest BCUT2D eigenvalue weighted by Gasteiger charge is 2.16. The molecule has 3 N–H and O–H groups in total. The number of benzene rings is 2. The first-order valence-electron chi connectivity index (χ1n) is 7.55. The molecule has 6 nitrogen and oxygen atoms in total. The predicted molar refractivity (Wildman–Crippen MR) is 93.9 cm³/mol. The van der Waals surface area contributed by atoms with Gasteiger partial charge in [-0.2, -0.15) is 0 Å². The van der Waals surface area contributed by atoms with Gasteiger partial charge in [0.05, 0.1) is 11.4 Å². The summed E-state index contributed by atoms with van der Waals surface area (Å²) in [4.78, 5) is 13.9. The van der Waals surface area contributed by atoms with E-state index >= 15 is 0 Å². The maximum atomic E-state index is 13.1. The summed E-state index contributed by atoms with van der Waals surface area (Å²) >= 11 is 0. The maximum Gasteiger partial charge on any atom is 0.238 e. The Kier molecular flexibility index (Phi) is 5.89. The van der Waals surface area contributed by atoms with Crippen LogP contribution >= 0.6 is 0 Å². The minimum atomic E-state index is -3.73. The summed E-state index contributed by atoms with van der Waals surface area (Å²) in [6.45, 7) is 1.98. The topological polar surface area (TPSA) is 92.5 Å². The van der Waals surface area contributed by atoms with E-state index in [-0.39, 0.29) is 23.4 Å². The summed E-state index contributed by atoms with van der Waals surface area (Å²) in [5.41, 5.74) is 1.23. The van der Waals surface area contributed by atoms with Crippen molar-refractivity contribution in [3.05, 3.63) is 59.9 Å². The standard InChI is InChI=1S/C17H20FN3O3S/c1-12(13-6-8-16(9-7-13)25(19,23)24)21(2)11-17(22)20-15-5-3-4-14(18)10-15/h3-10,12H,11H2,1-2H3,(H,20,22)(H2,19,23,24). The van der Waals surface area contributed by atoms with Crippen molar-refractivity contribution in [1.82, 2.24) is 4.90 Å². The Labute approximate surface area is 146 Å². The van der Waals surface area contributed by atoms with Crippen molar-refractivity contribution >= 4 is 21.6 Å². The van der Waals surface area contributed by atoms with Crippen LogP contribution in [0.15, 0.2) is 53.4 Å². The molecule has 2 aromatic rings. The first kappa shape index (κ1) is 19.0. The second kappa shape index (κ2) is 7.73. The Morgan fingerprint density at radius 1 is 1.24 bits per heavy atom. The van der Waals surface area contributed by atoms with Crippen LogP contribution < -0.4 is 10.5 Å². The SMILES string of the molecule is CC(c1ccc(S(N)(=O)=O)cc1)N(C)CC(=O)Nc1cccc(F)c1. The summed E-state index contributed by atoms with van der Waals surface area (Å²) in [5, 5.41) is 7.71. The highest BCUT2D eigenvalue weighted by atomic mass is 32.2. The van der Waals surface area contributed by atoms with Gasteiger partial charge >= 0.3 is 0 Å². The first-order chi connectivity index (χ1) is 11.7. The van der Waals surface area contributed by atoms with Crippen molar-refractivity contribution in [3.8, 4) is 0 Å². The Bertz CT molecular complexity index is 854. The number of nitrogens with two attached hydrogens (primary N) is 1. The number of sulfonamides is 1. The van der Waals surface area contributed by atoms with E-state index in [4.69, 9.17) is 5.14 Å². The van der Waals surface area contributed by atoms with Gasteiger partial charge < -0.3 is 5.32 Å². The Balaban J connectivity index is 1.99. The van der Waals surface area contributed by atoms with Gasteiger partial charge in [-0.15, -0.1) is 0 Å². The van der Waals surface area contributed by atoms with E-state index in [1.807, 2.05) is 6.92 Å². The molecule has 0 aromatic heterocycles. The zero-order valence-electron chi connectivity index (χ0n) is 13.9. The molecular weight excluding hydrogens is 345 g/mol. The monoisotopic (exact) mass is 365 g/mol. The number of hydrogen-bond donors (Lipinski definition) is 2. The number of anilines is 1. The van der Waals surface area contributed by atoms with E-state index in [0.717, 1.165) is 5.56 Å². The number of nitrogens with one attached hydrogen (secondary N) is 1. The van der Waals surface area contributed by atoms with Gasteiger partial charge in [0.2, 0.25) is 15.9 Å². The van der Waals surface area contributed by atoms with E-state index in [1.54, 1.807) is 30.1 Å². The first-order valence-corrected chi connectivity index (χ1v) is 9.10. The largest absolute Gasteiger partial charge is 0.325 e. The third-order valence-electron chi connectivity index (χ3n) is 3.85. The highest BCUT2D eigenvalue weighted by Crippen LogP contribution is 2.20. The van der Waals surface area contributed by atoms with Crippen molar-refractivity contribution in [1.29, 1.82) is 0 Å². The van der Waals surface area contributed by atoms with E-state index < -0.39 is 15.8 Å². The molecule has 1 amide bonds. The molecular formula is C17H20FN3O3S. The fourth-order valence-electron chi connectivity index (χ4n) is 2.32. The number of carbonyl (C=O) groups is 1. The van der Waals surface area contributed by atoms with Crippen LogP contribution in [-0.2, 0) is 14.8 Å². The van der Waals surface area contributed by atoms with Gasteiger partial charge in [-0.05, 0) is 49.9 Å². The lowest BCUT2D eigenvalue weighted by Gasteiger charge is -2.24. The lowest BCUT2D eigenvalue weighted by Crippen LogP contribution is -2.32. The molecule has 0 aliphatic rings. The van der Waals surface area contributed by atoms with Gasteiger partial charge in [-0.25, -0.2) is 17.9 Å². The van der Waals surface area contributed by atoms with Crippen molar-refractivity contribution in [2.24, 2.45) is 5.14 Å². The van der Waals surface area contributed by atoms with E-state index in [0.29, 0.717) is 5.69 Å². The van der Waals surface area contributed by atoms with Crippen molar-refractivity contribution in [3.63, 3.8) is 0 Å². The average molecular weight is 365 g/mol. The van der Waals surface area contributed by atoms with Crippen LogP contribution in [0.1, 0.15) is 18.5 Å². The molecule has 0 radical (unpaired) electrons. The summed E-state index contributed by atoms with van der Waals surface area (Å²) in [7, 11) is -1.96. The molecule has 0 fully saturated rings. The van der Waals surface area contributed by atoms with Crippen molar-refractivity contribution < 1.29 is 17.6 Å². The van der Waals surface area contributed by atoms with Gasteiger partial charge in [0.15, 0.2) is 0 Å². The summed E-state index contributed by atoms with van der Waals surface area (Å²) in [6, 6.07) is 11.7. The van der Waals surface area contributed by atoms with E-state index in [9.17, 15) is 17.6 Å². The molecule has 25 heavy (non-hydrogen) atoms. The van der Waals surface area contributed by atoms with Crippen LogP contribution in [0.4, 0.5) is 10.1 Å². The number of amides is 1. The van der Waals surface area contributed by atoms with Gasteiger partial charge in [0, 0.05) is 11.7 Å². The van der Waals surface area contributed by atoms with E-state index in [1.165, 1.54) is 30.3 Å². The van der Waals surface area contributed by atoms with Crippen LogP contribution in [-0.4, -0.2) is 32.8 Å². The fourth-order valence-corrected chi connectivity index (χ4v) is 2.84. The normalized spacial score (nSPS) is 12.8. The molecule has 0 aliphatic heterocycles. The van der Waals surface area contributed by atoms with Gasteiger partial charge in [-0.1, -0.05) is 18.2 Å². The highest BCUT2D eigenvalue weighted by molar-refractivity contribution is 7.89. The van der Waals surface area contributed by atoms with Crippen LogP contribution in [0.2, 0.25) is 0 Å². The number of rotatable bonds is 6. The van der Waals surface area contributed by atoms with Crippen LogP contribution in [0.25, 0.3) is 0 Å². The lowest BCUT2D eigenvalue weighted by molar-refractivity contribution is -0.117. The molecule has 0 heterocycles. The minimum Gasteiger partial charge on any atom is -0.325 e. The number of nitrogens with zero attached hydrogens (tertiary/aromatic N) is 1. The van der Waals surface area contributed by atoms with Crippen molar-refractivity contribution in [2.75, 3.05) is 18.9 Å². The summed E-state index contributed by atoms with van der Waals surface area (Å²) in [5.74, 6) is -0.699. The number of halogens is 1. The maximum absolute atomic E-state index is 13.1. The molecule has 8 heteroatoms. The summed E-state index contributed by atoms with van der Waals surface area (Å²) < 4.78 is 35.7. The van der Waals surface area contributed by atoms with Gasteiger partial charge in [0.1, 0.15) is 5.82 Å². The molecule has 2 rings (SSSR count). The second-order valence-electron chi connectivity index (χ2n) is 5.76. The third-order valence-corrected chi connectivity index (χ3v) is 4.78. The van der Waals surface area contributed by atoms with Crippen molar-refractivity contribution in [2.45, 2.75) is 17.9 Å². The number of primary sulfonamides is 1. The average Bonchev–Trinajstić information content (AvgIpc) is 2.53. The molecule has 134 valence electrons. The Morgan fingerprint density at radius 2 is 1.88 bits per heavy atom. The smallest absolute Gasteiger partial charge is 0.238 e. The molecule has 0 spiro atoms. The third kappa shape index (κ3) is 5.35. The zero-order valence-corrected chi connectivity index (χ0v) is 14.8. The fraction of sp³-hybridized carbons (Fsp3) is 0.235. The zero-order chi connectivity index (χ0) is 18.6. The molecule has 1 unspecified atom stereocenters. The molecule has 1 atom stereocenters. The quantitative estimate of drug-likeness (QED) is 0.820. The molecule has 2 aromatic carbocycles. The number of likely N-dealkylation sites (N-methyl/N-ethyl adjacent to an activating group) is 1. The predicted octanol–water partition coefficient (Wildman–Crippen LogP) is 2.10. The van der Waals surface area contributed by atoms with Gasteiger partial charge in [-0.3, -0.25) is 9.69 Å². The van der Waals surface area contributed by atoms with E-state index in [2.05, 4.69) is 5.32 Å². The number of hydrogen-bond acceptors (Lipinski definition) is 4. The number of carbonyl (C=O) groups excluding carboxylic acids is 1. The molecule has 0 bridgehead atoms. The second-order valence-corrected chi connectivity index (χ2v) is 7.33. The van der Waals surface area contributed by atoms with Crippen LogP contribution in [0.3, 0.4) is 0 Å².